The van der Waals surface area contributed by atoms with Crippen molar-refractivity contribution in [1.29, 1.82) is 0 Å². The highest BCUT2D eigenvalue weighted by Crippen LogP contribution is 2.63. The highest BCUT2D eigenvalue weighted by atomic mass is 16.7. The number of aliphatic hydroxyl groups is 1. The summed E-state index contributed by atoms with van der Waals surface area (Å²) in [6.45, 7) is 13.8. The van der Waals surface area contributed by atoms with E-state index in [9.17, 15) is 9.90 Å². The van der Waals surface area contributed by atoms with Gasteiger partial charge in [-0.25, -0.2) is 0 Å². The van der Waals surface area contributed by atoms with Crippen molar-refractivity contribution in [2.75, 3.05) is 13.2 Å². The first kappa shape index (κ1) is 24.6. The Morgan fingerprint density at radius 2 is 1.69 bits per heavy atom. The van der Waals surface area contributed by atoms with E-state index in [1.807, 2.05) is 19.1 Å². The molecule has 6 rings (SSSR count). The minimum atomic E-state index is -1.26. The SMILES string of the molecule is C=C(C)c1ccc(C2(O)CC3=C4CC[C@]5(C)C(=O)CC[C@H]5[C@@H]4CCC3CC23OCC(C)(C)CO3)cc1. The van der Waals surface area contributed by atoms with Crippen molar-refractivity contribution in [3.8, 4) is 0 Å². The summed E-state index contributed by atoms with van der Waals surface area (Å²) in [5.74, 6) is 0.749. The molecule has 0 aromatic heterocycles. The van der Waals surface area contributed by atoms with Crippen molar-refractivity contribution in [3.05, 3.63) is 53.1 Å². The molecule has 36 heavy (non-hydrogen) atoms. The lowest BCUT2D eigenvalue weighted by Crippen LogP contribution is -2.64. The maximum atomic E-state index is 12.8. The summed E-state index contributed by atoms with van der Waals surface area (Å²) in [7, 11) is 0. The molecule has 0 radical (unpaired) electrons. The van der Waals surface area contributed by atoms with Gasteiger partial charge in [0.2, 0.25) is 5.79 Å². The molecule has 1 N–H and O–H groups in total. The maximum absolute atomic E-state index is 12.8. The van der Waals surface area contributed by atoms with Crippen LogP contribution in [-0.4, -0.2) is 29.9 Å². The van der Waals surface area contributed by atoms with Crippen LogP contribution in [0.2, 0.25) is 0 Å². The van der Waals surface area contributed by atoms with E-state index in [0.29, 0.717) is 49.6 Å². The summed E-state index contributed by atoms with van der Waals surface area (Å²) >= 11 is 0. The van der Waals surface area contributed by atoms with Gasteiger partial charge >= 0.3 is 0 Å². The van der Waals surface area contributed by atoms with E-state index in [4.69, 9.17) is 9.47 Å². The predicted octanol–water partition coefficient (Wildman–Crippen LogP) is 6.57. The number of rotatable bonds is 2. The molecule has 194 valence electrons. The number of benzene rings is 1. The Balaban J connectivity index is 1.42. The van der Waals surface area contributed by atoms with Crippen molar-refractivity contribution in [1.82, 2.24) is 0 Å². The summed E-state index contributed by atoms with van der Waals surface area (Å²) < 4.78 is 13.2. The molecule has 4 heteroatoms. The normalized spacial score (nSPS) is 38.9. The molecule has 1 aliphatic heterocycles. The lowest BCUT2D eigenvalue weighted by Gasteiger charge is -2.58. The van der Waals surface area contributed by atoms with Crippen molar-refractivity contribution in [3.63, 3.8) is 0 Å². The van der Waals surface area contributed by atoms with E-state index >= 15 is 0 Å². The van der Waals surface area contributed by atoms with Gasteiger partial charge in [-0.15, -0.1) is 0 Å². The third kappa shape index (κ3) is 3.47. The number of hydrogen-bond acceptors (Lipinski definition) is 4. The first-order valence-electron chi connectivity index (χ1n) is 14.0. The van der Waals surface area contributed by atoms with Crippen LogP contribution in [-0.2, 0) is 19.9 Å². The molecule has 4 nitrogen and oxygen atoms in total. The number of allylic oxidation sites excluding steroid dienone is 2. The molecule has 5 atom stereocenters. The molecule has 4 aliphatic carbocycles. The molecule has 2 unspecified atom stereocenters. The quantitative estimate of drug-likeness (QED) is 0.476. The molecule has 0 bridgehead atoms. The summed E-state index contributed by atoms with van der Waals surface area (Å²) in [6.07, 6.45) is 7.18. The highest BCUT2D eigenvalue weighted by molar-refractivity contribution is 5.87. The highest BCUT2D eigenvalue weighted by Gasteiger charge is 2.63. The zero-order valence-electron chi connectivity index (χ0n) is 22.5. The minimum Gasteiger partial charge on any atom is -0.379 e. The number of ketones is 1. The number of ether oxygens (including phenoxy) is 2. The summed E-state index contributed by atoms with van der Waals surface area (Å²) in [4.78, 5) is 12.8. The lowest BCUT2D eigenvalue weighted by atomic mass is 9.54. The number of carbonyl (C=O) groups is 1. The third-order valence-electron chi connectivity index (χ3n) is 10.6. The van der Waals surface area contributed by atoms with Crippen molar-refractivity contribution in [2.24, 2.45) is 28.6 Å². The molecule has 1 spiro atoms. The van der Waals surface area contributed by atoms with Crippen LogP contribution in [0.1, 0.15) is 90.2 Å². The zero-order valence-corrected chi connectivity index (χ0v) is 22.5. The topological polar surface area (TPSA) is 55.8 Å². The van der Waals surface area contributed by atoms with Crippen LogP contribution in [0.25, 0.3) is 5.57 Å². The van der Waals surface area contributed by atoms with Gasteiger partial charge in [-0.05, 0) is 67.9 Å². The molecular weight excluding hydrogens is 448 g/mol. The second-order valence-electron chi connectivity index (χ2n) is 13.5. The van der Waals surface area contributed by atoms with Gasteiger partial charge in [-0.3, -0.25) is 4.79 Å². The van der Waals surface area contributed by atoms with E-state index < -0.39 is 11.4 Å². The summed E-state index contributed by atoms with van der Waals surface area (Å²) in [6, 6.07) is 8.19. The van der Waals surface area contributed by atoms with Crippen LogP contribution in [0.5, 0.6) is 0 Å². The number of carbonyl (C=O) groups excluding carboxylic acids is 1. The van der Waals surface area contributed by atoms with Gasteiger partial charge < -0.3 is 14.6 Å². The fourth-order valence-electron chi connectivity index (χ4n) is 8.28. The van der Waals surface area contributed by atoms with Crippen LogP contribution in [0.4, 0.5) is 0 Å². The van der Waals surface area contributed by atoms with E-state index in [1.54, 1.807) is 5.57 Å². The fourth-order valence-corrected chi connectivity index (χ4v) is 8.28. The van der Waals surface area contributed by atoms with Crippen LogP contribution < -0.4 is 0 Å². The molecule has 1 heterocycles. The van der Waals surface area contributed by atoms with E-state index in [0.717, 1.165) is 55.2 Å². The fraction of sp³-hybridized carbons (Fsp3) is 0.656. The molecule has 1 saturated heterocycles. The van der Waals surface area contributed by atoms with Gasteiger partial charge in [0.1, 0.15) is 11.4 Å². The first-order valence-corrected chi connectivity index (χ1v) is 14.0. The van der Waals surface area contributed by atoms with Gasteiger partial charge in [0.15, 0.2) is 0 Å². The van der Waals surface area contributed by atoms with Crippen molar-refractivity contribution in [2.45, 2.75) is 90.4 Å². The predicted molar refractivity (Wildman–Crippen MR) is 141 cm³/mol. The van der Waals surface area contributed by atoms with Crippen molar-refractivity contribution >= 4 is 11.4 Å². The molecule has 1 aromatic rings. The Hall–Kier alpha value is -1.75. The third-order valence-corrected chi connectivity index (χ3v) is 10.6. The Labute approximate surface area is 216 Å². The Kier molecular flexibility index (Phi) is 5.55. The second kappa shape index (κ2) is 8.12. The van der Waals surface area contributed by atoms with Crippen molar-refractivity contribution < 1.29 is 19.4 Å². The maximum Gasteiger partial charge on any atom is 0.202 e. The Morgan fingerprint density at radius 1 is 1.00 bits per heavy atom. The molecule has 4 fully saturated rings. The Morgan fingerprint density at radius 3 is 2.36 bits per heavy atom. The van der Waals surface area contributed by atoms with Crippen LogP contribution >= 0.6 is 0 Å². The first-order chi connectivity index (χ1) is 17.0. The Bertz CT molecular complexity index is 1120. The molecule has 3 saturated carbocycles. The van der Waals surface area contributed by atoms with Gasteiger partial charge in [0, 0.05) is 30.1 Å². The summed E-state index contributed by atoms with van der Waals surface area (Å²) in [5, 5.41) is 12.7. The van der Waals surface area contributed by atoms with Gasteiger partial charge in [-0.1, -0.05) is 68.3 Å². The monoisotopic (exact) mass is 490 g/mol. The molecular formula is C32H42O4. The van der Waals surface area contributed by atoms with E-state index in [1.165, 1.54) is 5.57 Å². The van der Waals surface area contributed by atoms with Gasteiger partial charge in [0.05, 0.1) is 13.2 Å². The van der Waals surface area contributed by atoms with Gasteiger partial charge in [0.25, 0.3) is 0 Å². The standard InChI is InChI=1S/C32H42O4/c1-20(2)21-6-9-23(10-7-21)31(34)17-26-22(16-32(31)35-18-29(3,4)19-36-32)8-11-25-24(26)14-15-30(5)27(25)12-13-28(30)33/h6-7,9-10,22,25,27,34H,1,8,11-19H2,2-5H3/t22?,25-,27+,30+,31?/m1/s1. The zero-order chi connectivity index (χ0) is 25.5. The minimum absolute atomic E-state index is 0.0742. The van der Waals surface area contributed by atoms with E-state index in [-0.39, 0.29) is 10.8 Å². The number of hydrogen-bond donors (Lipinski definition) is 1. The van der Waals surface area contributed by atoms with Gasteiger partial charge in [-0.2, -0.15) is 0 Å². The lowest BCUT2D eigenvalue weighted by molar-refractivity contribution is -0.380. The van der Waals surface area contributed by atoms with Crippen LogP contribution in [0.3, 0.4) is 0 Å². The molecule has 1 aromatic carbocycles. The van der Waals surface area contributed by atoms with E-state index in [2.05, 4.69) is 39.5 Å². The molecule has 0 amide bonds. The average Bonchev–Trinajstić information content (AvgIpc) is 3.16. The van der Waals surface area contributed by atoms with Crippen LogP contribution in [0.15, 0.2) is 42.0 Å². The molecule has 5 aliphatic rings. The number of Topliss-reactive ketones (excluding diaryl/α,β-unsaturated/α-hetero) is 1. The van der Waals surface area contributed by atoms with Crippen LogP contribution in [0, 0.1) is 28.6 Å². The average molecular weight is 491 g/mol. The largest absolute Gasteiger partial charge is 0.379 e. The number of fused-ring (bicyclic) bond motifs is 4. The second-order valence-corrected chi connectivity index (χ2v) is 13.5. The summed E-state index contributed by atoms with van der Waals surface area (Å²) in [5.41, 5.74) is 4.45. The smallest absolute Gasteiger partial charge is 0.202 e.